The molecule has 1 rings (SSSR count). The van der Waals surface area contributed by atoms with E-state index < -0.39 is 0 Å². The van der Waals surface area contributed by atoms with Gasteiger partial charge in [-0.25, -0.2) is 4.68 Å². The second kappa shape index (κ2) is 3.71. The molecule has 0 radical (unpaired) electrons. The van der Waals surface area contributed by atoms with Crippen molar-refractivity contribution in [2.75, 3.05) is 0 Å². The van der Waals surface area contributed by atoms with E-state index in [0.717, 1.165) is 6.42 Å². The number of rotatable bonds is 3. The molecule has 0 saturated carbocycles. The topological polar surface area (TPSA) is 34.9 Å². The van der Waals surface area contributed by atoms with E-state index in [2.05, 4.69) is 11.7 Å². The summed E-state index contributed by atoms with van der Waals surface area (Å²) in [7, 11) is 0. The maximum absolute atomic E-state index is 11.0. The first kappa shape index (κ1) is 7.72. The predicted molar refractivity (Wildman–Crippen MR) is 43.3 cm³/mol. The number of aryl methyl sites for hydroxylation is 1. The van der Waals surface area contributed by atoms with Crippen LogP contribution in [-0.4, -0.2) is 9.78 Å². The molecule has 58 valence electrons. The zero-order chi connectivity index (χ0) is 8.10. The molecular formula is C8H10N2O. The van der Waals surface area contributed by atoms with Crippen LogP contribution in [0.5, 0.6) is 0 Å². The minimum Gasteiger partial charge on any atom is -0.268 e. The van der Waals surface area contributed by atoms with E-state index in [-0.39, 0.29) is 5.56 Å². The Labute approximate surface area is 65.0 Å². The van der Waals surface area contributed by atoms with Gasteiger partial charge in [0.05, 0.1) is 0 Å². The van der Waals surface area contributed by atoms with Crippen molar-refractivity contribution in [3.05, 3.63) is 41.3 Å². The largest absolute Gasteiger partial charge is 0.268 e. The van der Waals surface area contributed by atoms with E-state index in [9.17, 15) is 4.79 Å². The highest BCUT2D eigenvalue weighted by atomic mass is 16.1. The smallest absolute Gasteiger partial charge is 0.266 e. The first-order valence-electron chi connectivity index (χ1n) is 3.47. The van der Waals surface area contributed by atoms with E-state index >= 15 is 0 Å². The molecule has 0 atom stereocenters. The van der Waals surface area contributed by atoms with Gasteiger partial charge in [-0.05, 0) is 12.5 Å². The molecule has 0 N–H and O–H groups in total. The van der Waals surface area contributed by atoms with E-state index in [1.54, 1.807) is 18.3 Å². The van der Waals surface area contributed by atoms with Crippen LogP contribution in [0.1, 0.15) is 6.42 Å². The average molecular weight is 150 g/mol. The Morgan fingerprint density at radius 2 is 2.55 bits per heavy atom. The normalized spacial score (nSPS) is 9.45. The van der Waals surface area contributed by atoms with E-state index in [1.165, 1.54) is 10.7 Å². The zero-order valence-corrected chi connectivity index (χ0v) is 6.23. The minimum atomic E-state index is -0.0608. The zero-order valence-electron chi connectivity index (χ0n) is 6.23. The van der Waals surface area contributed by atoms with Gasteiger partial charge >= 0.3 is 0 Å². The van der Waals surface area contributed by atoms with E-state index in [0.29, 0.717) is 6.54 Å². The first-order valence-corrected chi connectivity index (χ1v) is 3.47. The SMILES string of the molecule is C=CCCn1ncccc1=O. The summed E-state index contributed by atoms with van der Waals surface area (Å²) in [5, 5.41) is 3.87. The van der Waals surface area contributed by atoms with Crippen LogP contribution in [0.4, 0.5) is 0 Å². The van der Waals surface area contributed by atoms with Gasteiger partial charge in [0.15, 0.2) is 0 Å². The summed E-state index contributed by atoms with van der Waals surface area (Å²) in [6.07, 6.45) is 4.14. The lowest BCUT2D eigenvalue weighted by atomic mass is 10.4. The van der Waals surface area contributed by atoms with Crippen LogP contribution >= 0.6 is 0 Å². The maximum Gasteiger partial charge on any atom is 0.266 e. The lowest BCUT2D eigenvalue weighted by Crippen LogP contribution is -2.20. The van der Waals surface area contributed by atoms with Gasteiger partial charge in [0.1, 0.15) is 0 Å². The second-order valence-corrected chi connectivity index (χ2v) is 2.16. The quantitative estimate of drug-likeness (QED) is 0.598. The van der Waals surface area contributed by atoms with Gasteiger partial charge in [0.25, 0.3) is 5.56 Å². The van der Waals surface area contributed by atoms with Crippen LogP contribution in [0, 0.1) is 0 Å². The Kier molecular flexibility index (Phi) is 2.60. The van der Waals surface area contributed by atoms with Gasteiger partial charge in [0, 0.05) is 18.8 Å². The van der Waals surface area contributed by atoms with Gasteiger partial charge < -0.3 is 0 Å². The summed E-state index contributed by atoms with van der Waals surface area (Å²) in [6.45, 7) is 4.18. The molecule has 0 saturated heterocycles. The minimum absolute atomic E-state index is 0.0608. The Morgan fingerprint density at radius 3 is 3.18 bits per heavy atom. The molecule has 3 heteroatoms. The summed E-state index contributed by atoms with van der Waals surface area (Å²) in [4.78, 5) is 11.0. The Balaban J connectivity index is 2.78. The van der Waals surface area contributed by atoms with E-state index in [4.69, 9.17) is 0 Å². The van der Waals surface area contributed by atoms with Crippen molar-refractivity contribution in [2.24, 2.45) is 0 Å². The Bertz CT molecular complexity index is 290. The maximum atomic E-state index is 11.0. The second-order valence-electron chi connectivity index (χ2n) is 2.16. The summed E-state index contributed by atoms with van der Waals surface area (Å²) in [5.41, 5.74) is -0.0608. The standard InChI is InChI=1S/C8H10N2O/c1-2-3-7-10-8(11)5-4-6-9-10/h2,4-6H,1,3,7H2. The first-order chi connectivity index (χ1) is 5.34. The number of allylic oxidation sites excluding steroid dienone is 1. The van der Waals surface area contributed by atoms with Crippen LogP contribution in [0.2, 0.25) is 0 Å². The van der Waals surface area contributed by atoms with Crippen molar-refractivity contribution in [2.45, 2.75) is 13.0 Å². The van der Waals surface area contributed by atoms with Gasteiger partial charge in [0.2, 0.25) is 0 Å². The molecule has 1 aromatic heterocycles. The van der Waals surface area contributed by atoms with E-state index in [1.807, 2.05) is 0 Å². The average Bonchev–Trinajstić information content (AvgIpc) is 2.03. The predicted octanol–water partition coefficient (Wildman–Crippen LogP) is 0.819. The summed E-state index contributed by atoms with van der Waals surface area (Å²) >= 11 is 0. The summed E-state index contributed by atoms with van der Waals surface area (Å²) < 4.78 is 1.42. The van der Waals surface area contributed by atoms with Crippen molar-refractivity contribution >= 4 is 0 Å². The van der Waals surface area contributed by atoms with Crippen molar-refractivity contribution in [1.29, 1.82) is 0 Å². The fourth-order valence-corrected chi connectivity index (χ4v) is 0.769. The molecule has 0 spiro atoms. The van der Waals surface area contributed by atoms with Gasteiger partial charge in [-0.15, -0.1) is 6.58 Å². The molecule has 0 aliphatic carbocycles. The van der Waals surface area contributed by atoms with Crippen LogP contribution in [0.3, 0.4) is 0 Å². The fraction of sp³-hybridized carbons (Fsp3) is 0.250. The molecule has 0 aliphatic rings. The fourth-order valence-electron chi connectivity index (χ4n) is 0.769. The third-order valence-corrected chi connectivity index (χ3v) is 1.33. The monoisotopic (exact) mass is 150 g/mol. The Morgan fingerprint density at radius 1 is 1.73 bits per heavy atom. The van der Waals surface area contributed by atoms with Crippen molar-refractivity contribution in [3.63, 3.8) is 0 Å². The highest BCUT2D eigenvalue weighted by Gasteiger charge is 1.90. The van der Waals surface area contributed by atoms with Crippen LogP contribution in [0.25, 0.3) is 0 Å². The third-order valence-electron chi connectivity index (χ3n) is 1.33. The van der Waals surface area contributed by atoms with Crippen molar-refractivity contribution in [1.82, 2.24) is 9.78 Å². The van der Waals surface area contributed by atoms with Crippen molar-refractivity contribution < 1.29 is 0 Å². The third kappa shape index (κ3) is 2.04. The summed E-state index contributed by atoms with van der Waals surface area (Å²) in [6, 6.07) is 3.13. The molecule has 11 heavy (non-hydrogen) atoms. The van der Waals surface area contributed by atoms with Crippen LogP contribution < -0.4 is 5.56 Å². The molecule has 0 aliphatic heterocycles. The lowest BCUT2D eigenvalue weighted by Gasteiger charge is -1.98. The lowest BCUT2D eigenvalue weighted by molar-refractivity contribution is 0.585. The highest BCUT2D eigenvalue weighted by Crippen LogP contribution is 1.83. The Hall–Kier alpha value is -1.38. The highest BCUT2D eigenvalue weighted by molar-refractivity contribution is 4.85. The van der Waals surface area contributed by atoms with Gasteiger partial charge in [-0.1, -0.05) is 6.08 Å². The number of nitrogens with zero attached hydrogens (tertiary/aromatic N) is 2. The molecule has 0 amide bonds. The number of aromatic nitrogens is 2. The van der Waals surface area contributed by atoms with Crippen molar-refractivity contribution in [3.8, 4) is 0 Å². The van der Waals surface area contributed by atoms with Gasteiger partial charge in [-0.3, -0.25) is 4.79 Å². The molecule has 0 aromatic carbocycles. The molecule has 0 bridgehead atoms. The molecule has 3 nitrogen and oxygen atoms in total. The number of hydrogen-bond acceptors (Lipinski definition) is 2. The molecular weight excluding hydrogens is 140 g/mol. The summed E-state index contributed by atoms with van der Waals surface area (Å²) in [5.74, 6) is 0. The van der Waals surface area contributed by atoms with Crippen LogP contribution in [-0.2, 0) is 6.54 Å². The molecule has 0 fully saturated rings. The number of hydrogen-bond donors (Lipinski definition) is 0. The molecule has 1 aromatic rings. The van der Waals surface area contributed by atoms with Gasteiger partial charge in [-0.2, -0.15) is 5.10 Å². The van der Waals surface area contributed by atoms with Crippen LogP contribution in [0.15, 0.2) is 35.8 Å². The molecule has 0 unspecified atom stereocenters. The molecule has 1 heterocycles.